The predicted octanol–water partition coefficient (Wildman–Crippen LogP) is 27.8. The van der Waals surface area contributed by atoms with E-state index in [9.17, 15) is 0 Å². The lowest BCUT2D eigenvalue weighted by molar-refractivity contribution is 0.190. The summed E-state index contributed by atoms with van der Waals surface area (Å²) in [6.45, 7) is 60.1. The van der Waals surface area contributed by atoms with Gasteiger partial charge in [-0.2, -0.15) is 0 Å². The first-order chi connectivity index (χ1) is 36.8. The van der Waals surface area contributed by atoms with E-state index in [2.05, 4.69) is 180 Å². The highest BCUT2D eigenvalue weighted by atomic mass is 14.6. The molecule has 9 atom stereocenters. The Morgan fingerprint density at radius 3 is 0.722 bits per heavy atom. The van der Waals surface area contributed by atoms with Gasteiger partial charge in [0.2, 0.25) is 0 Å². The summed E-state index contributed by atoms with van der Waals surface area (Å²) >= 11 is 0. The van der Waals surface area contributed by atoms with E-state index in [1.807, 2.05) is 0 Å². The largest absolute Gasteiger partial charge is 0.0654 e. The van der Waals surface area contributed by atoms with Crippen LogP contribution in [0.2, 0.25) is 0 Å². The summed E-state index contributed by atoms with van der Waals surface area (Å²) in [4.78, 5) is 0. The normalized spacial score (nSPS) is 35.9. The molecule has 5 unspecified atom stereocenters. The van der Waals surface area contributed by atoms with Gasteiger partial charge in [-0.3, -0.25) is 0 Å². The third kappa shape index (κ3) is 37.2. The van der Waals surface area contributed by atoms with Crippen molar-refractivity contribution in [2.45, 2.75) is 385 Å². The molecule has 0 bridgehead atoms. The molecule has 13 aliphatic rings. The third-order valence-corrected chi connectivity index (χ3v) is 24.4. The minimum absolute atomic E-state index is 0.708. The maximum atomic E-state index is 2.37. The Bertz CT molecular complexity index is 1310. The van der Waals surface area contributed by atoms with Gasteiger partial charge in [0.15, 0.2) is 0 Å². The van der Waals surface area contributed by atoms with Crippen molar-refractivity contribution in [3.05, 3.63) is 0 Å². The van der Waals surface area contributed by atoms with Crippen molar-refractivity contribution < 1.29 is 0 Å². The molecule has 474 valence electrons. The molecule has 0 saturated heterocycles. The second kappa shape index (κ2) is 38.2. The van der Waals surface area contributed by atoms with E-state index < -0.39 is 0 Å². The van der Waals surface area contributed by atoms with Crippen LogP contribution >= 0.6 is 0 Å². The third-order valence-electron chi connectivity index (χ3n) is 24.4. The second-order valence-corrected chi connectivity index (χ2v) is 34.0. The van der Waals surface area contributed by atoms with E-state index in [4.69, 9.17) is 0 Å². The van der Waals surface area contributed by atoms with Crippen LogP contribution in [0.15, 0.2) is 0 Å². The lowest BCUT2D eigenvalue weighted by atomic mass is 9.72. The molecule has 13 saturated carbocycles. The zero-order chi connectivity index (χ0) is 60.4. The highest BCUT2D eigenvalue weighted by Crippen LogP contribution is 2.70. The van der Waals surface area contributed by atoms with Crippen molar-refractivity contribution in [2.75, 3.05) is 0 Å². The minimum Gasteiger partial charge on any atom is -0.0654 e. The van der Waals surface area contributed by atoms with Crippen molar-refractivity contribution in [1.82, 2.24) is 0 Å². The summed E-state index contributed by atoms with van der Waals surface area (Å²) in [5, 5.41) is 0. The Balaban J connectivity index is 0.000000428. The Labute approximate surface area is 504 Å². The van der Waals surface area contributed by atoms with E-state index in [-0.39, 0.29) is 0 Å². The first kappa shape index (κ1) is 77.0. The summed E-state index contributed by atoms with van der Waals surface area (Å²) in [7, 11) is 0. The van der Waals surface area contributed by atoms with Gasteiger partial charge in [-0.05, 0) is 205 Å². The minimum atomic E-state index is 0.708. The summed E-state index contributed by atoms with van der Waals surface area (Å²) in [5.41, 5.74) is 3.89. The standard InChI is InChI=1S/C7H16.C6H10.11C6H12/c1-3-5-7-6-4-2;1-5-4-6(5)2-3-6;2*1-5-4-6(5,2)3;1-5-3-6(2)4-5;1-6(2)4-3-5-6;1-5-3-4-6(5)2;1-4-5(2)6(4)3;1-6-4-2-3-5-6;1-3-6(2)4-5-6;2*1-3-6-4-5(6)2;1-2-6-4-3-5-6/h3-7H2,1-2H3;5H,2-4H2,1H3;2*5H,4H2,1-3H3;5-6H,3-4H2,1-2H3;3-5H2,1-2H3;5-6H,3-4H2,1-2H3;4-6H,1-3H3;6H,2-5H2,1H3;3-5H2,1-2H3;2*5-6H,3-4H2,1-2H3;6H,2-5H2,1H3/t;2*5-;;;;5-,6?;;;;5-,6?;;/m.00...1...0../s1. The SMILES string of the molecule is CC1(C)CCC1.CC1C(C)C1C.CC1CC(C)C1.CC1CC1(C)C.CC1CCCC1.CC1CC[C@H]1C.CCC1(C)CC1.CCC1CC1C.CCC1CCC1.CCC1C[C@@H]1C.CCCCCCC.C[C@H]1CC1(C)C.C[C@H]1CC12CC2. The molecular weight excluding hydrogens is 949 g/mol. The molecular formula is C79H158. The van der Waals surface area contributed by atoms with Crippen molar-refractivity contribution >= 4 is 0 Å². The number of hydrogen-bond donors (Lipinski definition) is 0. The lowest BCUT2D eigenvalue weighted by Gasteiger charge is -2.33. The summed E-state index contributed by atoms with van der Waals surface area (Å²) in [6, 6.07) is 0. The van der Waals surface area contributed by atoms with Crippen LogP contribution < -0.4 is 0 Å². The first-order valence-corrected chi connectivity index (χ1v) is 36.8. The Kier molecular flexibility index (Phi) is 37.3. The summed E-state index contributed by atoms with van der Waals surface area (Å²) in [6.07, 6.45) is 46.8. The Hall–Kier alpha value is 0. The predicted molar refractivity (Wildman–Crippen MR) is 363 cm³/mol. The Morgan fingerprint density at radius 1 is 0.342 bits per heavy atom. The molecule has 0 aliphatic heterocycles. The number of rotatable bonds is 8. The van der Waals surface area contributed by atoms with Crippen LogP contribution in [-0.2, 0) is 0 Å². The average molecular weight is 1110 g/mol. The van der Waals surface area contributed by atoms with Crippen LogP contribution in [0.4, 0.5) is 0 Å². The van der Waals surface area contributed by atoms with Crippen LogP contribution in [0, 0.1) is 122 Å². The van der Waals surface area contributed by atoms with Gasteiger partial charge < -0.3 is 0 Å². The van der Waals surface area contributed by atoms with Gasteiger partial charge in [0.1, 0.15) is 0 Å². The summed E-state index contributed by atoms with van der Waals surface area (Å²) < 4.78 is 0. The molecule has 13 fully saturated rings. The van der Waals surface area contributed by atoms with Crippen LogP contribution in [0.1, 0.15) is 385 Å². The molecule has 0 nitrogen and oxygen atoms in total. The highest BCUT2D eigenvalue weighted by Gasteiger charge is 2.59. The molecule has 0 aromatic carbocycles. The molecule has 0 heteroatoms. The monoisotopic (exact) mass is 1110 g/mol. The summed E-state index contributed by atoms with van der Waals surface area (Å²) in [5.74, 6) is 16.8. The number of unbranched alkanes of at least 4 members (excludes halogenated alkanes) is 4. The van der Waals surface area contributed by atoms with Gasteiger partial charge in [0, 0.05) is 0 Å². The van der Waals surface area contributed by atoms with E-state index in [1.165, 1.54) is 186 Å². The van der Waals surface area contributed by atoms with Crippen LogP contribution in [-0.4, -0.2) is 0 Å². The topological polar surface area (TPSA) is 0 Å². The van der Waals surface area contributed by atoms with Gasteiger partial charge in [0.05, 0.1) is 0 Å². The van der Waals surface area contributed by atoms with Crippen LogP contribution in [0.3, 0.4) is 0 Å². The van der Waals surface area contributed by atoms with E-state index in [0.29, 0.717) is 10.8 Å². The van der Waals surface area contributed by atoms with Gasteiger partial charge in [0.25, 0.3) is 0 Å². The van der Waals surface area contributed by atoms with Gasteiger partial charge >= 0.3 is 0 Å². The van der Waals surface area contributed by atoms with Gasteiger partial charge in [-0.25, -0.2) is 0 Å². The first-order valence-electron chi connectivity index (χ1n) is 36.8. The highest BCUT2D eigenvalue weighted by molar-refractivity contribution is 5.10. The van der Waals surface area contributed by atoms with Crippen LogP contribution in [0.5, 0.6) is 0 Å². The van der Waals surface area contributed by atoms with Crippen molar-refractivity contribution in [2.24, 2.45) is 122 Å². The van der Waals surface area contributed by atoms with Gasteiger partial charge in [-0.15, -0.1) is 0 Å². The van der Waals surface area contributed by atoms with E-state index >= 15 is 0 Å². The molecule has 13 aliphatic carbocycles. The van der Waals surface area contributed by atoms with E-state index in [0.717, 1.165) is 111 Å². The van der Waals surface area contributed by atoms with Crippen molar-refractivity contribution in [1.29, 1.82) is 0 Å². The zero-order valence-corrected chi connectivity index (χ0v) is 60.4. The fourth-order valence-electron chi connectivity index (χ4n) is 12.0. The molecule has 0 N–H and O–H groups in total. The fourth-order valence-corrected chi connectivity index (χ4v) is 12.0. The quantitative estimate of drug-likeness (QED) is 0.213. The molecule has 0 heterocycles. The molecule has 0 aromatic rings. The van der Waals surface area contributed by atoms with Gasteiger partial charge in [-0.1, -0.05) is 302 Å². The second-order valence-electron chi connectivity index (χ2n) is 34.0. The van der Waals surface area contributed by atoms with Crippen LogP contribution in [0.25, 0.3) is 0 Å². The maximum absolute atomic E-state index is 2.37. The molecule has 0 amide bonds. The Morgan fingerprint density at radius 2 is 0.684 bits per heavy atom. The smallest absolute Gasteiger partial charge is 0.0268 e. The van der Waals surface area contributed by atoms with Crippen molar-refractivity contribution in [3.8, 4) is 0 Å². The van der Waals surface area contributed by atoms with E-state index in [1.54, 1.807) is 19.3 Å². The maximum Gasteiger partial charge on any atom is -0.0268 e. The number of hydrogen-bond acceptors (Lipinski definition) is 0. The lowest BCUT2D eigenvalue weighted by Crippen LogP contribution is -2.20. The average Bonchev–Trinajstić information content (AvgIpc) is 4.01. The molecule has 1 spiro atoms. The van der Waals surface area contributed by atoms with Crippen molar-refractivity contribution in [3.63, 3.8) is 0 Å². The molecule has 0 aromatic heterocycles. The molecule has 0 radical (unpaired) electrons. The zero-order valence-electron chi connectivity index (χ0n) is 60.4. The molecule has 13 rings (SSSR count). The molecule has 79 heavy (non-hydrogen) atoms. The fraction of sp³-hybridized carbons (Fsp3) is 1.00.